The van der Waals surface area contributed by atoms with Crippen LogP contribution in [-0.4, -0.2) is 50.8 Å². The maximum absolute atomic E-state index is 6.15. The zero-order valence-electron chi connectivity index (χ0n) is 32.3. The van der Waals surface area contributed by atoms with Crippen molar-refractivity contribution in [2.75, 3.05) is 38.6 Å². The first-order valence-electron chi connectivity index (χ1n) is 20.7. The monoisotopic (exact) mass is 735 g/mol. The van der Waals surface area contributed by atoms with Crippen molar-refractivity contribution in [3.63, 3.8) is 0 Å². The van der Waals surface area contributed by atoms with E-state index in [1.165, 1.54) is 128 Å². The van der Waals surface area contributed by atoms with Gasteiger partial charge in [0.05, 0.1) is 37.9 Å². The molecule has 2 unspecified atom stereocenters. The van der Waals surface area contributed by atoms with Crippen molar-refractivity contribution in [1.82, 2.24) is 0 Å². The number of hydrogen-bond acceptors (Lipinski definition) is 5. The first kappa shape index (κ1) is 48.5. The molecule has 0 heterocycles. The summed E-state index contributed by atoms with van der Waals surface area (Å²) in [5, 5.41) is 0. The quantitative estimate of drug-likeness (QED) is 0.0270. The lowest BCUT2D eigenvalue weighted by Gasteiger charge is -2.17. The fourth-order valence-corrected chi connectivity index (χ4v) is 6.19. The molecule has 49 heavy (non-hydrogen) atoms. The van der Waals surface area contributed by atoms with E-state index in [-0.39, 0.29) is 25.8 Å². The third kappa shape index (κ3) is 40.2. The van der Waals surface area contributed by atoms with Crippen LogP contribution < -0.4 is 0 Å². The van der Waals surface area contributed by atoms with E-state index in [4.69, 9.17) is 46.9 Å². The smallest absolute Gasteiger partial charge is 0.149 e. The zero-order chi connectivity index (χ0) is 35.6. The van der Waals surface area contributed by atoms with Crippen LogP contribution >= 0.6 is 23.2 Å². The normalized spacial score (nSPS) is 13.1. The molecule has 0 aromatic rings. The Hall–Kier alpha value is -0.460. The first-order chi connectivity index (χ1) is 24.3. The number of ether oxygens (including phenoxy) is 5. The summed E-state index contributed by atoms with van der Waals surface area (Å²) in [6.45, 7) is 6.25. The van der Waals surface area contributed by atoms with Crippen molar-refractivity contribution in [2.45, 2.75) is 206 Å². The zero-order valence-corrected chi connectivity index (χ0v) is 33.8. The second kappa shape index (κ2) is 43.7. The van der Waals surface area contributed by atoms with Crippen molar-refractivity contribution in [3.8, 4) is 0 Å². The summed E-state index contributed by atoms with van der Waals surface area (Å²) in [6, 6.07) is 0. The van der Waals surface area contributed by atoms with Crippen molar-refractivity contribution < 1.29 is 23.7 Å². The van der Waals surface area contributed by atoms with Gasteiger partial charge < -0.3 is 23.7 Å². The van der Waals surface area contributed by atoms with Crippen LogP contribution in [0.4, 0.5) is 0 Å². The minimum atomic E-state index is 0.183. The van der Waals surface area contributed by atoms with Gasteiger partial charge in [-0.2, -0.15) is 0 Å². The molecule has 2 atom stereocenters. The molecule has 0 N–H and O–H groups in total. The van der Waals surface area contributed by atoms with E-state index in [0.29, 0.717) is 13.2 Å². The molecule has 0 amide bonds. The van der Waals surface area contributed by atoms with E-state index in [2.05, 4.69) is 26.0 Å². The summed E-state index contributed by atoms with van der Waals surface area (Å²) in [5.41, 5.74) is 0. The molecule has 0 aromatic carbocycles. The minimum absolute atomic E-state index is 0.183. The molecule has 0 aliphatic rings. The van der Waals surface area contributed by atoms with Gasteiger partial charge in [0.25, 0.3) is 0 Å². The lowest BCUT2D eigenvalue weighted by Crippen LogP contribution is -2.16. The van der Waals surface area contributed by atoms with Gasteiger partial charge in [-0.15, -0.1) is 23.2 Å². The van der Waals surface area contributed by atoms with Gasteiger partial charge in [-0.1, -0.05) is 117 Å². The second-order valence-electron chi connectivity index (χ2n) is 13.7. The number of alkyl halides is 2. The molecule has 0 rings (SSSR count). The predicted molar refractivity (Wildman–Crippen MR) is 213 cm³/mol. The highest BCUT2D eigenvalue weighted by Crippen LogP contribution is 2.16. The molecular formula is C42H80Cl2O5. The van der Waals surface area contributed by atoms with E-state index >= 15 is 0 Å². The summed E-state index contributed by atoms with van der Waals surface area (Å²) in [6.07, 6.45) is 42.5. The number of unbranched alkanes of at least 4 members (excludes halogenated alkanes) is 20. The van der Waals surface area contributed by atoms with Crippen molar-refractivity contribution in [2.24, 2.45) is 0 Å². The molecule has 0 saturated heterocycles. The standard InChI is InChI=1S/C42H80Cl2O5/c1-3-5-7-9-11-13-21-27-35-48-41(29-23-17-15-19-25-33-43)31-37-45-39-47-40-46-38-32-42(30-24-18-16-20-26-34-44)49-36-28-22-14-12-10-8-6-4-2/h27-28,35-36,41-42H,3-26,29-34,37-40H2,1-2H3. The van der Waals surface area contributed by atoms with Crippen LogP contribution in [-0.2, 0) is 23.7 Å². The Morgan fingerprint density at radius 1 is 0.408 bits per heavy atom. The fourth-order valence-electron chi connectivity index (χ4n) is 5.81. The average molecular weight is 736 g/mol. The van der Waals surface area contributed by atoms with Crippen LogP contribution in [0.15, 0.2) is 24.7 Å². The number of hydrogen-bond donors (Lipinski definition) is 0. The van der Waals surface area contributed by atoms with E-state index < -0.39 is 0 Å². The largest absolute Gasteiger partial charge is 0.498 e. The Morgan fingerprint density at radius 3 is 1.18 bits per heavy atom. The SMILES string of the molecule is CCCCCCCCC=COC(CCCCCCCCl)CCOCOCOCCC(CCCCCCCCl)OC=CCCCCCCCC. The second-order valence-corrected chi connectivity index (χ2v) is 14.5. The minimum Gasteiger partial charge on any atom is -0.498 e. The van der Waals surface area contributed by atoms with Crippen molar-refractivity contribution >= 4 is 23.2 Å². The summed E-state index contributed by atoms with van der Waals surface area (Å²) in [4.78, 5) is 0. The number of rotatable bonds is 42. The molecule has 0 spiro atoms. The molecule has 0 saturated carbocycles. The predicted octanol–water partition coefficient (Wildman–Crippen LogP) is 14.2. The van der Waals surface area contributed by atoms with Gasteiger partial charge in [-0.3, -0.25) is 0 Å². The van der Waals surface area contributed by atoms with Crippen LogP contribution in [0.1, 0.15) is 194 Å². The van der Waals surface area contributed by atoms with E-state index in [1.807, 2.05) is 12.5 Å². The molecule has 5 nitrogen and oxygen atoms in total. The number of halogens is 2. The molecule has 292 valence electrons. The van der Waals surface area contributed by atoms with E-state index in [0.717, 1.165) is 63.1 Å². The van der Waals surface area contributed by atoms with Crippen LogP contribution in [0.25, 0.3) is 0 Å². The average Bonchev–Trinajstić information content (AvgIpc) is 3.11. The van der Waals surface area contributed by atoms with Gasteiger partial charge in [-0.25, -0.2) is 0 Å². The van der Waals surface area contributed by atoms with Gasteiger partial charge >= 0.3 is 0 Å². The molecule has 0 bridgehead atoms. The maximum Gasteiger partial charge on any atom is 0.149 e. The third-order valence-corrected chi connectivity index (χ3v) is 9.54. The van der Waals surface area contributed by atoms with Crippen LogP contribution in [0.5, 0.6) is 0 Å². The highest BCUT2D eigenvalue weighted by atomic mass is 35.5. The molecule has 0 aliphatic heterocycles. The lowest BCUT2D eigenvalue weighted by atomic mass is 10.1. The fraction of sp³-hybridized carbons (Fsp3) is 0.905. The summed E-state index contributed by atoms with van der Waals surface area (Å²) in [5.74, 6) is 1.53. The highest BCUT2D eigenvalue weighted by Gasteiger charge is 2.10. The summed E-state index contributed by atoms with van der Waals surface area (Å²) in [7, 11) is 0. The Kier molecular flexibility index (Phi) is 43.3. The van der Waals surface area contributed by atoms with E-state index in [9.17, 15) is 0 Å². The highest BCUT2D eigenvalue weighted by molar-refractivity contribution is 6.18. The van der Waals surface area contributed by atoms with Crippen LogP contribution in [0, 0.1) is 0 Å². The van der Waals surface area contributed by atoms with E-state index in [1.54, 1.807) is 0 Å². The van der Waals surface area contributed by atoms with Gasteiger partial charge in [0.15, 0.2) is 0 Å². The van der Waals surface area contributed by atoms with Gasteiger partial charge in [0, 0.05) is 24.6 Å². The Bertz CT molecular complexity index is 609. The van der Waals surface area contributed by atoms with Crippen molar-refractivity contribution in [1.29, 1.82) is 0 Å². The summed E-state index contributed by atoms with van der Waals surface area (Å²) < 4.78 is 29.5. The van der Waals surface area contributed by atoms with Crippen LogP contribution in [0.2, 0.25) is 0 Å². The molecule has 0 radical (unpaired) electrons. The van der Waals surface area contributed by atoms with Crippen LogP contribution in [0.3, 0.4) is 0 Å². The molecule has 7 heteroatoms. The molecular weight excluding hydrogens is 655 g/mol. The lowest BCUT2D eigenvalue weighted by molar-refractivity contribution is -0.136. The maximum atomic E-state index is 6.15. The third-order valence-electron chi connectivity index (χ3n) is 9.00. The molecule has 0 aromatic heterocycles. The number of allylic oxidation sites excluding steroid dienone is 2. The molecule has 0 aliphatic carbocycles. The topological polar surface area (TPSA) is 46.2 Å². The Labute approximate surface area is 314 Å². The molecule has 0 fully saturated rings. The Morgan fingerprint density at radius 2 is 0.776 bits per heavy atom. The van der Waals surface area contributed by atoms with Gasteiger partial charge in [0.1, 0.15) is 13.6 Å². The summed E-state index contributed by atoms with van der Waals surface area (Å²) >= 11 is 11.7. The Balaban J connectivity index is 4.26. The van der Waals surface area contributed by atoms with Gasteiger partial charge in [0.2, 0.25) is 0 Å². The van der Waals surface area contributed by atoms with Crippen molar-refractivity contribution in [3.05, 3.63) is 24.7 Å². The first-order valence-corrected chi connectivity index (χ1v) is 21.8. The van der Waals surface area contributed by atoms with Gasteiger partial charge in [-0.05, 0) is 76.4 Å².